The second kappa shape index (κ2) is 9.52. The first kappa shape index (κ1) is 19.4. The summed E-state index contributed by atoms with van der Waals surface area (Å²) in [7, 11) is 0. The van der Waals surface area contributed by atoms with Gasteiger partial charge < -0.3 is 16.0 Å². The molecule has 0 aromatic heterocycles. The van der Waals surface area contributed by atoms with E-state index in [-0.39, 0.29) is 30.6 Å². The number of benzene rings is 2. The zero-order valence-corrected chi connectivity index (χ0v) is 15.3. The Hall–Kier alpha value is -2.94. The van der Waals surface area contributed by atoms with Crippen LogP contribution in [0.25, 0.3) is 0 Å². The number of carbonyl (C=O) groups is 2. The molecule has 0 bridgehead atoms. The highest BCUT2D eigenvalue weighted by Gasteiger charge is 2.11. The van der Waals surface area contributed by atoms with Crippen molar-refractivity contribution in [3.63, 3.8) is 0 Å². The number of nitro benzene ring substituents is 1. The number of para-hydroxylation sites is 2. The van der Waals surface area contributed by atoms with Gasteiger partial charge in [0, 0.05) is 29.2 Å². The Morgan fingerprint density at radius 1 is 1.04 bits per heavy atom. The van der Waals surface area contributed by atoms with E-state index >= 15 is 0 Å². The summed E-state index contributed by atoms with van der Waals surface area (Å²) in [4.78, 5) is 34.1. The topological polar surface area (TPSA) is 113 Å². The van der Waals surface area contributed by atoms with Crippen LogP contribution in [-0.4, -0.2) is 36.4 Å². The third kappa shape index (κ3) is 5.85. The van der Waals surface area contributed by atoms with Gasteiger partial charge in [-0.15, -0.1) is 0 Å². The Kier molecular flexibility index (Phi) is 7.10. The monoisotopic (exact) mass is 420 g/mol. The summed E-state index contributed by atoms with van der Waals surface area (Å²) in [5.41, 5.74) is 0.806. The van der Waals surface area contributed by atoms with E-state index in [1.54, 1.807) is 42.5 Å². The van der Waals surface area contributed by atoms with Crippen LogP contribution >= 0.6 is 15.9 Å². The van der Waals surface area contributed by atoms with E-state index in [2.05, 4.69) is 31.9 Å². The van der Waals surface area contributed by atoms with Gasteiger partial charge in [0.05, 0.1) is 11.5 Å². The smallest absolute Gasteiger partial charge is 0.292 e. The lowest BCUT2D eigenvalue weighted by Gasteiger charge is -2.09. The average Bonchev–Trinajstić information content (AvgIpc) is 2.63. The van der Waals surface area contributed by atoms with Crippen molar-refractivity contribution in [2.24, 2.45) is 0 Å². The highest BCUT2D eigenvalue weighted by molar-refractivity contribution is 9.10. The lowest BCUT2D eigenvalue weighted by atomic mass is 10.2. The van der Waals surface area contributed by atoms with Gasteiger partial charge in [-0.3, -0.25) is 19.7 Å². The molecule has 2 aromatic rings. The molecule has 8 nitrogen and oxygen atoms in total. The van der Waals surface area contributed by atoms with Crippen LogP contribution in [0, 0.1) is 10.1 Å². The predicted molar refractivity (Wildman–Crippen MR) is 101 cm³/mol. The third-order valence-corrected chi connectivity index (χ3v) is 3.85. The van der Waals surface area contributed by atoms with Gasteiger partial charge >= 0.3 is 0 Å². The molecule has 0 fully saturated rings. The molecule has 136 valence electrons. The van der Waals surface area contributed by atoms with E-state index < -0.39 is 4.92 Å². The molecule has 0 atom stereocenters. The number of hydrogen-bond donors (Lipinski definition) is 3. The predicted octanol–water partition coefficient (Wildman–Crippen LogP) is 2.32. The molecule has 0 aliphatic heterocycles. The van der Waals surface area contributed by atoms with Gasteiger partial charge in [-0.25, -0.2) is 0 Å². The Labute approximate surface area is 158 Å². The molecule has 0 saturated carbocycles. The first-order valence-electron chi connectivity index (χ1n) is 7.75. The van der Waals surface area contributed by atoms with E-state index in [1.165, 1.54) is 6.07 Å². The van der Waals surface area contributed by atoms with Gasteiger partial charge in [0.2, 0.25) is 5.91 Å². The van der Waals surface area contributed by atoms with Crippen LogP contribution in [0.15, 0.2) is 53.0 Å². The van der Waals surface area contributed by atoms with Gasteiger partial charge in [-0.05, 0) is 24.3 Å². The Balaban J connectivity index is 1.71. The first-order valence-corrected chi connectivity index (χ1v) is 8.54. The maximum absolute atomic E-state index is 11.9. The van der Waals surface area contributed by atoms with Crippen molar-refractivity contribution in [2.75, 3.05) is 25.0 Å². The summed E-state index contributed by atoms with van der Waals surface area (Å²) in [5, 5.41) is 19.0. The van der Waals surface area contributed by atoms with Crippen molar-refractivity contribution >= 4 is 39.1 Å². The summed E-state index contributed by atoms with van der Waals surface area (Å²) in [6.45, 7) is 0.421. The SMILES string of the molecule is O=C(CNC(=O)c1cccc(Br)c1)NCCNc1ccccc1[N+](=O)[O-]. The molecule has 2 amide bonds. The highest BCUT2D eigenvalue weighted by Crippen LogP contribution is 2.22. The zero-order valence-electron chi connectivity index (χ0n) is 13.7. The quantitative estimate of drug-likeness (QED) is 0.344. The van der Waals surface area contributed by atoms with Crippen molar-refractivity contribution in [1.82, 2.24) is 10.6 Å². The number of carbonyl (C=O) groups excluding carboxylic acids is 2. The molecule has 0 unspecified atom stereocenters. The number of nitrogens with one attached hydrogen (secondary N) is 3. The fraction of sp³-hybridized carbons (Fsp3) is 0.176. The molecule has 0 heterocycles. The van der Waals surface area contributed by atoms with Crippen molar-refractivity contribution < 1.29 is 14.5 Å². The Morgan fingerprint density at radius 3 is 2.54 bits per heavy atom. The molecule has 9 heteroatoms. The van der Waals surface area contributed by atoms with Crippen molar-refractivity contribution in [3.05, 3.63) is 68.7 Å². The largest absolute Gasteiger partial charge is 0.378 e. The molecular formula is C17H17BrN4O4. The van der Waals surface area contributed by atoms with Gasteiger partial charge in [-0.1, -0.05) is 34.1 Å². The van der Waals surface area contributed by atoms with Crippen LogP contribution in [0.2, 0.25) is 0 Å². The molecule has 2 rings (SSSR count). The van der Waals surface area contributed by atoms with Crippen LogP contribution < -0.4 is 16.0 Å². The number of halogens is 1. The van der Waals surface area contributed by atoms with E-state index in [1.807, 2.05) is 0 Å². The molecule has 0 radical (unpaired) electrons. The van der Waals surface area contributed by atoms with Crippen molar-refractivity contribution in [3.8, 4) is 0 Å². The van der Waals surface area contributed by atoms with Gasteiger partial charge in [0.25, 0.3) is 11.6 Å². The van der Waals surface area contributed by atoms with E-state index in [0.717, 1.165) is 4.47 Å². The van der Waals surface area contributed by atoms with E-state index in [4.69, 9.17) is 0 Å². The van der Waals surface area contributed by atoms with Crippen LogP contribution in [0.3, 0.4) is 0 Å². The summed E-state index contributed by atoms with van der Waals surface area (Å²) < 4.78 is 0.774. The number of nitrogens with zero attached hydrogens (tertiary/aromatic N) is 1. The fourth-order valence-corrected chi connectivity index (χ4v) is 2.54. The number of hydrogen-bond acceptors (Lipinski definition) is 5. The van der Waals surface area contributed by atoms with Crippen LogP contribution in [0.5, 0.6) is 0 Å². The number of amides is 2. The Morgan fingerprint density at radius 2 is 1.81 bits per heavy atom. The second-order valence-corrected chi connectivity index (χ2v) is 6.16. The second-order valence-electron chi connectivity index (χ2n) is 5.24. The maximum Gasteiger partial charge on any atom is 0.292 e. The molecule has 0 aliphatic rings. The summed E-state index contributed by atoms with van der Waals surface area (Å²) in [6, 6.07) is 13.1. The average molecular weight is 421 g/mol. The molecule has 2 aromatic carbocycles. The minimum absolute atomic E-state index is 0.0277. The molecular weight excluding hydrogens is 404 g/mol. The van der Waals surface area contributed by atoms with Crippen LogP contribution in [0.4, 0.5) is 11.4 Å². The molecule has 0 saturated heterocycles. The number of rotatable bonds is 8. The van der Waals surface area contributed by atoms with Gasteiger partial charge in [-0.2, -0.15) is 0 Å². The van der Waals surface area contributed by atoms with Crippen molar-refractivity contribution in [1.29, 1.82) is 0 Å². The molecule has 0 aliphatic carbocycles. The highest BCUT2D eigenvalue weighted by atomic mass is 79.9. The lowest BCUT2D eigenvalue weighted by molar-refractivity contribution is -0.384. The maximum atomic E-state index is 11.9. The number of anilines is 1. The lowest BCUT2D eigenvalue weighted by Crippen LogP contribution is -2.38. The third-order valence-electron chi connectivity index (χ3n) is 3.36. The van der Waals surface area contributed by atoms with E-state index in [0.29, 0.717) is 17.8 Å². The molecule has 0 spiro atoms. The standard InChI is InChI=1S/C17H17BrN4O4/c18-13-5-3-4-12(10-13)17(24)21-11-16(23)20-9-8-19-14-6-1-2-7-15(14)22(25)26/h1-7,10,19H,8-9,11H2,(H,20,23)(H,21,24). The number of nitro groups is 1. The van der Waals surface area contributed by atoms with Crippen LogP contribution in [-0.2, 0) is 4.79 Å². The van der Waals surface area contributed by atoms with Gasteiger partial charge in [0.1, 0.15) is 5.69 Å². The summed E-state index contributed by atoms with van der Waals surface area (Å²) in [6.07, 6.45) is 0. The van der Waals surface area contributed by atoms with Crippen molar-refractivity contribution in [2.45, 2.75) is 0 Å². The molecule has 3 N–H and O–H groups in total. The zero-order chi connectivity index (χ0) is 18.9. The summed E-state index contributed by atoms with van der Waals surface area (Å²) >= 11 is 3.28. The normalized spacial score (nSPS) is 10.0. The van der Waals surface area contributed by atoms with E-state index in [9.17, 15) is 19.7 Å². The fourth-order valence-electron chi connectivity index (χ4n) is 2.14. The minimum atomic E-state index is -0.474. The first-order chi connectivity index (χ1) is 12.5. The Bertz CT molecular complexity index is 813. The molecule has 26 heavy (non-hydrogen) atoms. The minimum Gasteiger partial charge on any atom is -0.378 e. The van der Waals surface area contributed by atoms with Crippen LogP contribution in [0.1, 0.15) is 10.4 Å². The van der Waals surface area contributed by atoms with Gasteiger partial charge in [0.15, 0.2) is 0 Å². The summed E-state index contributed by atoms with van der Waals surface area (Å²) in [5.74, 6) is -0.697.